The Morgan fingerprint density at radius 3 is 2.71 bits per heavy atom. The van der Waals surface area contributed by atoms with Gasteiger partial charge in [-0.05, 0) is 69.4 Å². The third-order valence-electron chi connectivity index (χ3n) is 6.41. The number of aromatic hydroxyl groups is 1. The lowest BCUT2D eigenvalue weighted by Crippen LogP contribution is -2.57. The van der Waals surface area contributed by atoms with Crippen LogP contribution in [0.1, 0.15) is 37.0 Å². The molecule has 2 nitrogen and oxygen atoms in total. The van der Waals surface area contributed by atoms with Crippen molar-refractivity contribution in [3.8, 4) is 5.75 Å². The highest BCUT2D eigenvalue weighted by Crippen LogP contribution is 2.52. The van der Waals surface area contributed by atoms with Crippen LogP contribution in [0.5, 0.6) is 5.75 Å². The van der Waals surface area contributed by atoms with Crippen LogP contribution in [0.2, 0.25) is 0 Å². The monoisotopic (exact) mass is 385 g/mol. The number of hydrogen-bond acceptors (Lipinski definition) is 2. The molecule has 0 unspecified atom stereocenters. The van der Waals surface area contributed by atoms with Gasteiger partial charge in [0.15, 0.2) is 0 Å². The van der Waals surface area contributed by atoms with Crippen molar-refractivity contribution < 1.29 is 5.11 Å². The van der Waals surface area contributed by atoms with Crippen LogP contribution in [0.15, 0.2) is 46.9 Å². The van der Waals surface area contributed by atoms with Crippen molar-refractivity contribution in [3.63, 3.8) is 0 Å². The van der Waals surface area contributed by atoms with Gasteiger partial charge in [0.2, 0.25) is 0 Å². The van der Waals surface area contributed by atoms with Crippen molar-refractivity contribution in [2.45, 2.75) is 44.7 Å². The minimum atomic E-state index is 0.128. The van der Waals surface area contributed by atoms with Crippen molar-refractivity contribution in [1.82, 2.24) is 4.90 Å². The van der Waals surface area contributed by atoms with Gasteiger partial charge in [-0.1, -0.05) is 50.2 Å². The Bertz CT molecular complexity index is 760. The van der Waals surface area contributed by atoms with Gasteiger partial charge < -0.3 is 5.11 Å². The number of phenols is 1. The van der Waals surface area contributed by atoms with Crippen molar-refractivity contribution in [3.05, 3.63) is 63.6 Å². The fraction of sp³-hybridized carbons (Fsp3) is 0.429. The summed E-state index contributed by atoms with van der Waals surface area (Å²) in [5.74, 6) is 0.938. The first-order valence-corrected chi connectivity index (χ1v) is 9.59. The molecule has 2 aliphatic rings. The number of fused-ring (bicyclic) bond motifs is 4. The Balaban J connectivity index is 1.71. The zero-order valence-electron chi connectivity index (χ0n) is 14.3. The number of benzene rings is 2. The molecule has 1 saturated heterocycles. The van der Waals surface area contributed by atoms with E-state index in [0.29, 0.717) is 17.7 Å². The molecule has 24 heavy (non-hydrogen) atoms. The van der Waals surface area contributed by atoms with Gasteiger partial charge in [0.25, 0.3) is 0 Å². The van der Waals surface area contributed by atoms with E-state index in [0.717, 1.165) is 30.4 Å². The predicted octanol–water partition coefficient (Wildman–Crippen LogP) is 4.88. The van der Waals surface area contributed by atoms with Gasteiger partial charge in [-0.15, -0.1) is 0 Å². The van der Waals surface area contributed by atoms with Gasteiger partial charge in [-0.2, -0.15) is 0 Å². The standard InChI is InChI=1S/C21H24BrNO/c1-14-17-12-16-8-9-18(24)20(22)19(16)21(14,2)10-11-23(17)13-15-6-4-3-5-7-15/h3-9,14,17,24H,10-13H2,1-2H3/t14-,17+,21-/m1/s1. The van der Waals surface area contributed by atoms with Crippen LogP contribution in [0.3, 0.4) is 0 Å². The van der Waals surface area contributed by atoms with Crippen LogP contribution in [-0.2, 0) is 18.4 Å². The maximum absolute atomic E-state index is 10.2. The number of halogens is 1. The van der Waals surface area contributed by atoms with Gasteiger partial charge >= 0.3 is 0 Å². The Morgan fingerprint density at radius 1 is 1.21 bits per heavy atom. The lowest BCUT2D eigenvalue weighted by atomic mass is 9.59. The average Bonchev–Trinajstić information content (AvgIpc) is 2.57. The van der Waals surface area contributed by atoms with Crippen LogP contribution in [0, 0.1) is 5.92 Å². The molecule has 126 valence electrons. The molecular weight excluding hydrogens is 362 g/mol. The second kappa shape index (κ2) is 5.89. The van der Waals surface area contributed by atoms with E-state index in [1.165, 1.54) is 16.7 Å². The number of piperidine rings is 1. The molecule has 1 fully saturated rings. The highest BCUT2D eigenvalue weighted by atomic mass is 79.9. The Hall–Kier alpha value is -1.32. The molecule has 0 amide bonds. The molecule has 1 N–H and O–H groups in total. The smallest absolute Gasteiger partial charge is 0.130 e. The second-order valence-corrected chi connectivity index (χ2v) is 8.41. The maximum atomic E-state index is 10.2. The first-order chi connectivity index (χ1) is 11.5. The minimum absolute atomic E-state index is 0.128. The molecule has 3 heteroatoms. The molecule has 0 saturated carbocycles. The number of likely N-dealkylation sites (tertiary alicyclic amines) is 1. The Morgan fingerprint density at radius 2 is 1.96 bits per heavy atom. The maximum Gasteiger partial charge on any atom is 0.130 e. The molecule has 2 aromatic carbocycles. The van der Waals surface area contributed by atoms with E-state index in [4.69, 9.17) is 0 Å². The van der Waals surface area contributed by atoms with Crippen LogP contribution in [-0.4, -0.2) is 22.6 Å². The lowest BCUT2D eigenvalue weighted by molar-refractivity contribution is 0.0254. The summed E-state index contributed by atoms with van der Waals surface area (Å²) in [5.41, 5.74) is 4.25. The first-order valence-electron chi connectivity index (χ1n) is 8.79. The van der Waals surface area contributed by atoms with E-state index in [9.17, 15) is 5.11 Å². The van der Waals surface area contributed by atoms with Gasteiger partial charge in [-0.3, -0.25) is 4.90 Å². The van der Waals surface area contributed by atoms with Crippen LogP contribution >= 0.6 is 15.9 Å². The van der Waals surface area contributed by atoms with Gasteiger partial charge in [0, 0.05) is 12.6 Å². The van der Waals surface area contributed by atoms with Gasteiger partial charge in [-0.25, -0.2) is 0 Å². The number of nitrogens with zero attached hydrogens (tertiary/aromatic N) is 1. The van der Waals surface area contributed by atoms with Crippen LogP contribution < -0.4 is 0 Å². The van der Waals surface area contributed by atoms with E-state index < -0.39 is 0 Å². The first kappa shape index (κ1) is 16.2. The van der Waals surface area contributed by atoms with E-state index in [1.54, 1.807) is 0 Å². The van der Waals surface area contributed by atoms with E-state index in [1.807, 2.05) is 6.07 Å². The van der Waals surface area contributed by atoms with Crippen molar-refractivity contribution in [1.29, 1.82) is 0 Å². The van der Waals surface area contributed by atoms with Gasteiger partial charge in [0.05, 0.1) is 4.47 Å². The molecular formula is C21H24BrNO. The van der Waals surface area contributed by atoms with E-state index >= 15 is 0 Å². The summed E-state index contributed by atoms with van der Waals surface area (Å²) in [5, 5.41) is 10.2. The Labute approximate surface area is 152 Å². The molecule has 2 bridgehead atoms. The normalized spacial score (nSPS) is 29.3. The summed E-state index contributed by atoms with van der Waals surface area (Å²) in [4.78, 5) is 2.66. The summed E-state index contributed by atoms with van der Waals surface area (Å²) in [6.45, 7) is 6.91. The average molecular weight is 386 g/mol. The molecule has 1 aliphatic heterocycles. The number of rotatable bonds is 2. The third-order valence-corrected chi connectivity index (χ3v) is 7.21. The summed E-state index contributed by atoms with van der Waals surface area (Å²) >= 11 is 3.66. The highest BCUT2D eigenvalue weighted by molar-refractivity contribution is 9.10. The molecule has 0 spiro atoms. The Kier molecular flexibility index (Phi) is 3.97. The molecule has 2 aromatic rings. The van der Waals surface area contributed by atoms with Crippen molar-refractivity contribution in [2.75, 3.05) is 6.54 Å². The molecule has 0 radical (unpaired) electrons. The number of hydrogen-bond donors (Lipinski definition) is 1. The fourth-order valence-electron chi connectivity index (χ4n) is 4.80. The van der Waals surface area contributed by atoms with E-state index in [-0.39, 0.29) is 5.41 Å². The van der Waals surface area contributed by atoms with Crippen molar-refractivity contribution in [2.24, 2.45) is 5.92 Å². The lowest BCUT2D eigenvalue weighted by Gasteiger charge is -2.55. The van der Waals surface area contributed by atoms with Crippen LogP contribution in [0.25, 0.3) is 0 Å². The minimum Gasteiger partial charge on any atom is -0.507 e. The third kappa shape index (κ3) is 2.41. The number of phenolic OH excluding ortho intramolecular Hbond substituents is 1. The van der Waals surface area contributed by atoms with E-state index in [2.05, 4.69) is 71.1 Å². The fourth-order valence-corrected chi connectivity index (χ4v) is 5.64. The zero-order chi connectivity index (χ0) is 16.9. The van der Waals surface area contributed by atoms with Gasteiger partial charge in [0.1, 0.15) is 5.75 Å². The SMILES string of the molecule is C[C@@H]1[C@@H]2Cc3ccc(O)c(Br)c3[C@]1(C)CCN2Cc1ccccc1. The largest absolute Gasteiger partial charge is 0.507 e. The molecule has 1 aliphatic carbocycles. The summed E-state index contributed by atoms with van der Waals surface area (Å²) in [7, 11) is 0. The summed E-state index contributed by atoms with van der Waals surface area (Å²) in [6, 6.07) is 15.3. The zero-order valence-corrected chi connectivity index (χ0v) is 15.9. The molecule has 1 heterocycles. The van der Waals surface area contributed by atoms with Crippen LogP contribution in [0.4, 0.5) is 0 Å². The molecule has 0 aromatic heterocycles. The summed E-state index contributed by atoms with van der Waals surface area (Å²) in [6.07, 6.45) is 2.20. The molecule has 4 rings (SSSR count). The van der Waals surface area contributed by atoms with Crippen molar-refractivity contribution >= 4 is 15.9 Å². The summed E-state index contributed by atoms with van der Waals surface area (Å²) < 4.78 is 0.907. The second-order valence-electron chi connectivity index (χ2n) is 7.62. The highest BCUT2D eigenvalue weighted by Gasteiger charge is 2.49. The predicted molar refractivity (Wildman–Crippen MR) is 101 cm³/mol. The molecule has 3 atom stereocenters. The quantitative estimate of drug-likeness (QED) is 0.795. The topological polar surface area (TPSA) is 23.5 Å².